The summed E-state index contributed by atoms with van der Waals surface area (Å²) < 4.78 is 0. The molecule has 2 aromatic heterocycles. The Morgan fingerprint density at radius 3 is 2.75 bits per heavy atom. The third-order valence-electron chi connectivity index (χ3n) is 4.27. The standard InChI is InChI=1S/C19H17ClN4O2S2/c20-12-3-5-13(6-4-12)21-17(25)11-24-8-7-14-16(10-24)28-19(22-14)23-18(26)15-2-1-9-27-15/h1-6,9H,7-8,10-11H2,(H,21,25)(H,22,23,26). The zero-order valence-corrected chi connectivity index (χ0v) is 17.2. The van der Waals surface area contributed by atoms with Gasteiger partial charge in [0, 0.05) is 35.1 Å². The number of thiophene rings is 1. The van der Waals surface area contributed by atoms with Crippen LogP contribution in [0.1, 0.15) is 20.2 Å². The van der Waals surface area contributed by atoms with E-state index in [2.05, 4.69) is 20.5 Å². The summed E-state index contributed by atoms with van der Waals surface area (Å²) in [6.45, 7) is 1.70. The highest BCUT2D eigenvalue weighted by atomic mass is 35.5. The van der Waals surface area contributed by atoms with Crippen molar-refractivity contribution >= 4 is 56.9 Å². The van der Waals surface area contributed by atoms with Crippen LogP contribution in [0.4, 0.5) is 10.8 Å². The minimum Gasteiger partial charge on any atom is -0.325 e. The van der Waals surface area contributed by atoms with Crippen molar-refractivity contribution in [1.29, 1.82) is 0 Å². The van der Waals surface area contributed by atoms with E-state index in [1.54, 1.807) is 30.3 Å². The number of nitrogens with zero attached hydrogens (tertiary/aromatic N) is 2. The molecule has 4 rings (SSSR count). The van der Waals surface area contributed by atoms with Crippen molar-refractivity contribution in [2.75, 3.05) is 23.7 Å². The smallest absolute Gasteiger partial charge is 0.267 e. The Morgan fingerprint density at radius 1 is 1.18 bits per heavy atom. The van der Waals surface area contributed by atoms with Gasteiger partial charge in [0.05, 0.1) is 17.1 Å². The third-order valence-corrected chi connectivity index (χ3v) is 6.39. The number of halogens is 1. The highest BCUT2D eigenvalue weighted by Crippen LogP contribution is 2.29. The van der Waals surface area contributed by atoms with Gasteiger partial charge in [-0.3, -0.25) is 19.8 Å². The highest BCUT2D eigenvalue weighted by Gasteiger charge is 2.23. The van der Waals surface area contributed by atoms with Crippen molar-refractivity contribution in [2.24, 2.45) is 0 Å². The van der Waals surface area contributed by atoms with E-state index in [0.29, 0.717) is 28.1 Å². The molecule has 1 aliphatic rings. The molecule has 1 aliphatic heterocycles. The number of aromatic nitrogens is 1. The molecule has 1 aromatic carbocycles. The van der Waals surface area contributed by atoms with E-state index in [-0.39, 0.29) is 11.8 Å². The fourth-order valence-corrected chi connectivity index (χ4v) is 4.73. The summed E-state index contributed by atoms with van der Waals surface area (Å²) in [6, 6.07) is 10.7. The lowest BCUT2D eigenvalue weighted by molar-refractivity contribution is -0.117. The summed E-state index contributed by atoms with van der Waals surface area (Å²) in [5, 5.41) is 8.85. The van der Waals surface area contributed by atoms with Crippen molar-refractivity contribution in [3.05, 3.63) is 62.2 Å². The first kappa shape index (κ1) is 19.1. The first-order valence-corrected chi connectivity index (χ1v) is 10.8. The number of carbonyl (C=O) groups excluding carboxylic acids is 2. The molecule has 0 bridgehead atoms. The molecule has 0 aliphatic carbocycles. The molecule has 0 fully saturated rings. The van der Waals surface area contributed by atoms with Crippen LogP contribution < -0.4 is 10.6 Å². The van der Waals surface area contributed by atoms with Gasteiger partial charge in [-0.05, 0) is 35.7 Å². The molecule has 6 nitrogen and oxygen atoms in total. The lowest BCUT2D eigenvalue weighted by atomic mass is 10.2. The summed E-state index contributed by atoms with van der Waals surface area (Å²) >= 11 is 8.73. The van der Waals surface area contributed by atoms with Crippen LogP contribution in [0.15, 0.2) is 41.8 Å². The normalized spacial score (nSPS) is 13.8. The van der Waals surface area contributed by atoms with Gasteiger partial charge in [0.1, 0.15) is 0 Å². The van der Waals surface area contributed by atoms with Crippen LogP contribution in [0.2, 0.25) is 5.02 Å². The second-order valence-corrected chi connectivity index (χ2v) is 8.80. The summed E-state index contributed by atoms with van der Waals surface area (Å²) in [5.41, 5.74) is 1.73. The first-order chi connectivity index (χ1) is 13.6. The van der Waals surface area contributed by atoms with Gasteiger partial charge in [0.15, 0.2) is 5.13 Å². The minimum atomic E-state index is -0.139. The average Bonchev–Trinajstić information content (AvgIpc) is 3.32. The molecule has 2 N–H and O–H groups in total. The maximum Gasteiger partial charge on any atom is 0.267 e. The van der Waals surface area contributed by atoms with Crippen LogP contribution in [-0.2, 0) is 17.8 Å². The summed E-state index contributed by atoms with van der Waals surface area (Å²) in [6.07, 6.45) is 0.759. The summed E-state index contributed by atoms with van der Waals surface area (Å²) in [5.74, 6) is -0.207. The van der Waals surface area contributed by atoms with Gasteiger partial charge < -0.3 is 5.32 Å². The molecule has 2 amide bonds. The molecule has 144 valence electrons. The monoisotopic (exact) mass is 432 g/mol. The molecule has 9 heteroatoms. The Balaban J connectivity index is 1.34. The average molecular weight is 433 g/mol. The third kappa shape index (κ3) is 4.59. The van der Waals surface area contributed by atoms with Crippen LogP contribution in [0.3, 0.4) is 0 Å². The topological polar surface area (TPSA) is 74.3 Å². The Bertz CT molecular complexity index is 986. The van der Waals surface area contributed by atoms with E-state index in [4.69, 9.17) is 11.6 Å². The highest BCUT2D eigenvalue weighted by molar-refractivity contribution is 7.16. The van der Waals surface area contributed by atoms with Gasteiger partial charge >= 0.3 is 0 Å². The number of anilines is 2. The van der Waals surface area contributed by atoms with E-state index >= 15 is 0 Å². The predicted molar refractivity (Wildman–Crippen MR) is 113 cm³/mol. The molecule has 28 heavy (non-hydrogen) atoms. The zero-order valence-electron chi connectivity index (χ0n) is 14.8. The van der Waals surface area contributed by atoms with E-state index in [1.807, 2.05) is 11.4 Å². The second kappa shape index (κ2) is 8.40. The number of thiazole rings is 1. The zero-order chi connectivity index (χ0) is 19.5. The van der Waals surface area contributed by atoms with Crippen molar-refractivity contribution in [3.63, 3.8) is 0 Å². The van der Waals surface area contributed by atoms with Crippen LogP contribution in [0.25, 0.3) is 0 Å². The second-order valence-electron chi connectivity index (χ2n) is 6.34. The SMILES string of the molecule is O=C(CN1CCc2nc(NC(=O)c3cccs3)sc2C1)Nc1ccc(Cl)cc1. The molecule has 0 saturated heterocycles. The van der Waals surface area contributed by atoms with Gasteiger partial charge in [-0.2, -0.15) is 0 Å². The number of benzene rings is 1. The molecule has 0 atom stereocenters. The fourth-order valence-electron chi connectivity index (χ4n) is 2.94. The maximum absolute atomic E-state index is 12.3. The number of rotatable bonds is 5. The van der Waals surface area contributed by atoms with E-state index in [9.17, 15) is 9.59 Å². The Labute approximate surface area is 175 Å². The number of hydrogen-bond donors (Lipinski definition) is 2. The van der Waals surface area contributed by atoms with Gasteiger partial charge in [-0.1, -0.05) is 17.7 Å². The first-order valence-electron chi connectivity index (χ1n) is 8.68. The quantitative estimate of drug-likeness (QED) is 0.636. The molecule has 0 radical (unpaired) electrons. The minimum absolute atomic E-state index is 0.0680. The summed E-state index contributed by atoms with van der Waals surface area (Å²) in [4.78, 5) is 32.9. The largest absolute Gasteiger partial charge is 0.325 e. The lowest BCUT2D eigenvalue weighted by Gasteiger charge is -2.25. The Morgan fingerprint density at radius 2 is 2.00 bits per heavy atom. The van der Waals surface area contributed by atoms with Gasteiger partial charge in [-0.25, -0.2) is 4.98 Å². The van der Waals surface area contributed by atoms with Crippen LogP contribution >= 0.6 is 34.3 Å². The van der Waals surface area contributed by atoms with Gasteiger partial charge in [-0.15, -0.1) is 22.7 Å². The van der Waals surface area contributed by atoms with Crippen LogP contribution in [-0.4, -0.2) is 34.8 Å². The van der Waals surface area contributed by atoms with Crippen LogP contribution in [0, 0.1) is 0 Å². The van der Waals surface area contributed by atoms with Crippen LogP contribution in [0.5, 0.6) is 0 Å². The van der Waals surface area contributed by atoms with E-state index in [0.717, 1.165) is 29.2 Å². The Hall–Kier alpha value is -2.26. The van der Waals surface area contributed by atoms with E-state index in [1.165, 1.54) is 22.7 Å². The Kier molecular flexibility index (Phi) is 5.72. The van der Waals surface area contributed by atoms with Crippen molar-refractivity contribution in [3.8, 4) is 0 Å². The number of amides is 2. The summed E-state index contributed by atoms with van der Waals surface area (Å²) in [7, 11) is 0. The molecule has 3 heterocycles. The van der Waals surface area contributed by atoms with Crippen molar-refractivity contribution in [1.82, 2.24) is 9.88 Å². The fraction of sp³-hybridized carbons (Fsp3) is 0.211. The van der Waals surface area contributed by atoms with E-state index < -0.39 is 0 Å². The molecular weight excluding hydrogens is 416 g/mol. The van der Waals surface area contributed by atoms with Gasteiger partial charge in [0.25, 0.3) is 5.91 Å². The molecular formula is C19H17ClN4O2S2. The van der Waals surface area contributed by atoms with Crippen molar-refractivity contribution < 1.29 is 9.59 Å². The number of hydrogen-bond acceptors (Lipinski definition) is 6. The number of carbonyl (C=O) groups is 2. The number of nitrogens with one attached hydrogen (secondary N) is 2. The molecule has 0 saturated carbocycles. The molecule has 3 aromatic rings. The van der Waals surface area contributed by atoms with Gasteiger partial charge in [0.2, 0.25) is 5.91 Å². The molecule has 0 spiro atoms. The lowest BCUT2D eigenvalue weighted by Crippen LogP contribution is -2.36. The predicted octanol–water partition coefficient (Wildman–Crippen LogP) is 4.11. The number of fused-ring (bicyclic) bond motifs is 1. The van der Waals surface area contributed by atoms with Crippen molar-refractivity contribution in [2.45, 2.75) is 13.0 Å². The maximum atomic E-state index is 12.3. The molecule has 0 unspecified atom stereocenters.